The summed E-state index contributed by atoms with van der Waals surface area (Å²) in [5, 5.41) is 14.7. The van der Waals surface area contributed by atoms with Crippen molar-refractivity contribution in [3.8, 4) is 11.6 Å². The van der Waals surface area contributed by atoms with Crippen molar-refractivity contribution in [1.29, 1.82) is 0 Å². The Labute approximate surface area is 115 Å². The first-order valence-electron chi connectivity index (χ1n) is 6.31. The number of rotatable bonds is 4. The van der Waals surface area contributed by atoms with Crippen LogP contribution in [0.3, 0.4) is 0 Å². The Morgan fingerprint density at radius 2 is 2.15 bits per heavy atom. The average Bonchev–Trinajstić information content (AvgIpc) is 3.04. The highest BCUT2D eigenvalue weighted by atomic mass is 16.5. The van der Waals surface area contributed by atoms with Gasteiger partial charge in [-0.25, -0.2) is 0 Å². The van der Waals surface area contributed by atoms with Crippen molar-refractivity contribution < 1.29 is 14.0 Å². The standard InChI is InChI=1S/C14H15N3O3/c1-14(18,8-15)7-12-16-13(17-20-12)11-6-9-4-2-3-5-10(9)19-11/h2-6,18H,7-8,15H2,1H3. The van der Waals surface area contributed by atoms with Gasteiger partial charge in [0.2, 0.25) is 11.7 Å². The fraction of sp³-hybridized carbons (Fsp3) is 0.286. The summed E-state index contributed by atoms with van der Waals surface area (Å²) in [7, 11) is 0. The first-order chi connectivity index (χ1) is 9.57. The van der Waals surface area contributed by atoms with Crippen molar-refractivity contribution in [2.24, 2.45) is 5.73 Å². The normalized spacial score (nSPS) is 14.6. The van der Waals surface area contributed by atoms with Gasteiger partial charge in [-0.05, 0) is 19.1 Å². The monoisotopic (exact) mass is 273 g/mol. The number of nitrogens with two attached hydrogens (primary N) is 1. The number of aromatic nitrogens is 2. The third kappa shape index (κ3) is 2.43. The number of benzene rings is 1. The Bertz CT molecular complexity index is 697. The maximum atomic E-state index is 9.89. The molecule has 0 aliphatic heterocycles. The van der Waals surface area contributed by atoms with Gasteiger partial charge in [0.25, 0.3) is 0 Å². The maximum absolute atomic E-state index is 9.89. The van der Waals surface area contributed by atoms with Gasteiger partial charge in [-0.2, -0.15) is 4.98 Å². The van der Waals surface area contributed by atoms with Crippen molar-refractivity contribution in [2.45, 2.75) is 18.9 Å². The second kappa shape index (κ2) is 4.73. The topological polar surface area (TPSA) is 98.3 Å². The second-order valence-electron chi connectivity index (χ2n) is 5.04. The number of hydrogen-bond donors (Lipinski definition) is 2. The maximum Gasteiger partial charge on any atom is 0.238 e. The lowest BCUT2D eigenvalue weighted by Gasteiger charge is -2.17. The minimum atomic E-state index is -1.06. The summed E-state index contributed by atoms with van der Waals surface area (Å²) in [4.78, 5) is 4.22. The summed E-state index contributed by atoms with van der Waals surface area (Å²) in [6.45, 7) is 1.74. The van der Waals surface area contributed by atoms with Gasteiger partial charge in [0.15, 0.2) is 5.76 Å². The molecule has 0 bridgehead atoms. The van der Waals surface area contributed by atoms with Crippen LogP contribution in [0.2, 0.25) is 0 Å². The van der Waals surface area contributed by atoms with E-state index >= 15 is 0 Å². The molecule has 1 atom stereocenters. The van der Waals surface area contributed by atoms with Crippen molar-refractivity contribution in [1.82, 2.24) is 10.1 Å². The Kier molecular flexibility index (Phi) is 3.04. The highest BCUT2D eigenvalue weighted by Crippen LogP contribution is 2.26. The minimum absolute atomic E-state index is 0.120. The molecule has 0 fully saturated rings. The summed E-state index contributed by atoms with van der Waals surface area (Å²) in [5.74, 6) is 1.23. The van der Waals surface area contributed by atoms with Gasteiger partial charge in [-0.15, -0.1) is 0 Å². The summed E-state index contributed by atoms with van der Waals surface area (Å²) >= 11 is 0. The van der Waals surface area contributed by atoms with Crippen LogP contribution in [-0.4, -0.2) is 27.4 Å². The van der Waals surface area contributed by atoms with Crippen LogP contribution in [0.1, 0.15) is 12.8 Å². The lowest BCUT2D eigenvalue weighted by atomic mass is 10.0. The van der Waals surface area contributed by atoms with Gasteiger partial charge < -0.3 is 19.8 Å². The van der Waals surface area contributed by atoms with E-state index in [1.165, 1.54) is 0 Å². The molecule has 0 aliphatic carbocycles. The predicted octanol–water partition coefficient (Wildman–Crippen LogP) is 1.74. The fourth-order valence-corrected chi connectivity index (χ4v) is 1.92. The number of furan rings is 1. The van der Waals surface area contributed by atoms with E-state index in [1.54, 1.807) is 6.92 Å². The molecule has 0 radical (unpaired) electrons. The largest absolute Gasteiger partial charge is 0.453 e. The first kappa shape index (κ1) is 12.8. The zero-order chi connectivity index (χ0) is 14.2. The van der Waals surface area contributed by atoms with Gasteiger partial charge in [-0.1, -0.05) is 23.4 Å². The highest BCUT2D eigenvalue weighted by Gasteiger charge is 2.23. The van der Waals surface area contributed by atoms with Crippen LogP contribution in [-0.2, 0) is 6.42 Å². The molecule has 0 saturated heterocycles. The number of hydrogen-bond acceptors (Lipinski definition) is 6. The molecule has 0 saturated carbocycles. The van der Waals surface area contributed by atoms with E-state index in [0.29, 0.717) is 17.5 Å². The molecule has 3 rings (SSSR count). The molecule has 0 aliphatic rings. The molecule has 1 unspecified atom stereocenters. The van der Waals surface area contributed by atoms with Crippen LogP contribution < -0.4 is 5.73 Å². The summed E-state index contributed by atoms with van der Waals surface area (Å²) in [6, 6.07) is 9.50. The molecular formula is C14H15N3O3. The van der Waals surface area contributed by atoms with E-state index < -0.39 is 5.60 Å². The Balaban J connectivity index is 1.89. The molecule has 0 spiro atoms. The Morgan fingerprint density at radius 3 is 2.90 bits per heavy atom. The fourth-order valence-electron chi connectivity index (χ4n) is 1.92. The van der Waals surface area contributed by atoms with Gasteiger partial charge in [0.1, 0.15) is 5.58 Å². The van der Waals surface area contributed by atoms with Crippen LogP contribution in [0.25, 0.3) is 22.6 Å². The molecule has 6 nitrogen and oxygen atoms in total. The third-order valence-electron chi connectivity index (χ3n) is 3.09. The molecule has 2 heterocycles. The van der Waals surface area contributed by atoms with Crippen molar-refractivity contribution in [3.63, 3.8) is 0 Å². The Morgan fingerprint density at radius 1 is 1.35 bits per heavy atom. The van der Waals surface area contributed by atoms with Crippen molar-refractivity contribution in [3.05, 3.63) is 36.2 Å². The predicted molar refractivity (Wildman–Crippen MR) is 72.9 cm³/mol. The van der Waals surface area contributed by atoms with E-state index in [2.05, 4.69) is 10.1 Å². The highest BCUT2D eigenvalue weighted by molar-refractivity contribution is 5.81. The van der Waals surface area contributed by atoms with Crippen LogP contribution >= 0.6 is 0 Å². The average molecular weight is 273 g/mol. The van der Waals surface area contributed by atoms with E-state index in [1.807, 2.05) is 30.3 Å². The molecule has 3 N–H and O–H groups in total. The van der Waals surface area contributed by atoms with Crippen LogP contribution in [0.5, 0.6) is 0 Å². The van der Waals surface area contributed by atoms with Gasteiger partial charge >= 0.3 is 0 Å². The van der Waals surface area contributed by atoms with Gasteiger partial charge in [0.05, 0.1) is 12.0 Å². The molecule has 104 valence electrons. The first-order valence-corrected chi connectivity index (χ1v) is 6.31. The van der Waals surface area contributed by atoms with Crippen LogP contribution in [0, 0.1) is 0 Å². The van der Waals surface area contributed by atoms with Crippen LogP contribution in [0.15, 0.2) is 39.3 Å². The minimum Gasteiger partial charge on any atom is -0.453 e. The molecule has 3 aromatic rings. The van der Waals surface area contributed by atoms with Crippen molar-refractivity contribution >= 4 is 11.0 Å². The zero-order valence-electron chi connectivity index (χ0n) is 11.0. The lowest BCUT2D eigenvalue weighted by molar-refractivity contribution is 0.0610. The molecule has 1 aromatic carbocycles. The van der Waals surface area contributed by atoms with E-state index in [9.17, 15) is 5.11 Å². The summed E-state index contributed by atoms with van der Waals surface area (Å²) in [5.41, 5.74) is 5.17. The van der Waals surface area contributed by atoms with Crippen molar-refractivity contribution in [2.75, 3.05) is 6.54 Å². The SMILES string of the molecule is CC(O)(CN)Cc1nc(-c2cc3ccccc3o2)no1. The summed E-state index contributed by atoms with van der Waals surface area (Å²) in [6.07, 6.45) is 0.205. The molecule has 0 amide bonds. The zero-order valence-corrected chi connectivity index (χ0v) is 11.0. The number of para-hydroxylation sites is 1. The molecular weight excluding hydrogens is 258 g/mol. The molecule has 6 heteroatoms. The Hall–Kier alpha value is -2.18. The lowest BCUT2D eigenvalue weighted by Crippen LogP contribution is -2.36. The molecule has 2 aromatic heterocycles. The second-order valence-corrected chi connectivity index (χ2v) is 5.04. The number of aliphatic hydroxyl groups is 1. The van der Waals surface area contributed by atoms with E-state index in [-0.39, 0.29) is 13.0 Å². The van der Waals surface area contributed by atoms with Crippen LogP contribution in [0.4, 0.5) is 0 Å². The number of nitrogens with zero attached hydrogens (tertiary/aromatic N) is 2. The quantitative estimate of drug-likeness (QED) is 0.751. The van der Waals surface area contributed by atoms with E-state index in [4.69, 9.17) is 14.7 Å². The van der Waals surface area contributed by atoms with Gasteiger partial charge in [0, 0.05) is 11.9 Å². The third-order valence-corrected chi connectivity index (χ3v) is 3.09. The summed E-state index contributed by atoms with van der Waals surface area (Å²) < 4.78 is 10.8. The number of fused-ring (bicyclic) bond motifs is 1. The molecule has 20 heavy (non-hydrogen) atoms. The van der Waals surface area contributed by atoms with Gasteiger partial charge in [-0.3, -0.25) is 0 Å². The smallest absolute Gasteiger partial charge is 0.238 e. The van der Waals surface area contributed by atoms with E-state index in [0.717, 1.165) is 11.0 Å².